The van der Waals surface area contributed by atoms with Gasteiger partial charge in [-0.3, -0.25) is 4.79 Å². The van der Waals surface area contributed by atoms with Gasteiger partial charge in [-0.15, -0.1) is 0 Å². The molecule has 7 heteroatoms. The Kier molecular flexibility index (Phi) is 7.06. The van der Waals surface area contributed by atoms with Crippen molar-refractivity contribution in [1.29, 1.82) is 0 Å². The zero-order chi connectivity index (χ0) is 21.5. The van der Waals surface area contributed by atoms with E-state index in [2.05, 4.69) is 10.6 Å². The molecule has 1 aliphatic heterocycles. The lowest BCUT2D eigenvalue weighted by Gasteiger charge is -2.15. The van der Waals surface area contributed by atoms with Crippen LogP contribution in [0.3, 0.4) is 0 Å². The Morgan fingerprint density at radius 1 is 1.00 bits per heavy atom. The summed E-state index contributed by atoms with van der Waals surface area (Å²) in [5, 5.41) is 5.39. The zero-order valence-corrected chi connectivity index (χ0v) is 17.3. The van der Waals surface area contributed by atoms with Gasteiger partial charge in [0.05, 0.1) is 11.3 Å². The number of carbonyl (C=O) groups excluding carboxylic acids is 3. The molecule has 1 heterocycles. The fourth-order valence-corrected chi connectivity index (χ4v) is 3.26. The van der Waals surface area contributed by atoms with Crippen molar-refractivity contribution in [2.75, 3.05) is 18.4 Å². The summed E-state index contributed by atoms with van der Waals surface area (Å²) in [5.41, 5.74) is 2.08. The van der Waals surface area contributed by atoms with Gasteiger partial charge in [-0.05, 0) is 56.5 Å². The molecule has 30 heavy (non-hydrogen) atoms. The molecule has 2 N–H and O–H groups in total. The number of nitrogens with zero attached hydrogens (tertiary/aromatic N) is 1. The van der Waals surface area contributed by atoms with Crippen LogP contribution in [-0.2, 0) is 11.3 Å². The molecule has 3 rings (SSSR count). The lowest BCUT2D eigenvalue weighted by Crippen LogP contribution is -2.34. The molecule has 0 spiro atoms. The lowest BCUT2D eigenvalue weighted by molar-refractivity contribution is 0.0473. The highest BCUT2D eigenvalue weighted by molar-refractivity contribution is 6.00. The average molecular weight is 409 g/mol. The van der Waals surface area contributed by atoms with Crippen LogP contribution < -0.4 is 10.6 Å². The number of esters is 1. The van der Waals surface area contributed by atoms with Crippen LogP contribution >= 0.6 is 0 Å². The van der Waals surface area contributed by atoms with Gasteiger partial charge in [0.25, 0.3) is 5.91 Å². The number of amides is 3. The molecular weight excluding hydrogens is 382 g/mol. The van der Waals surface area contributed by atoms with E-state index in [4.69, 9.17) is 4.74 Å². The fraction of sp³-hybridized carbons (Fsp3) is 0.348. The van der Waals surface area contributed by atoms with Crippen LogP contribution in [0.1, 0.15) is 53.0 Å². The lowest BCUT2D eigenvalue weighted by atomic mass is 10.1. The monoisotopic (exact) mass is 409 g/mol. The first-order valence-electron chi connectivity index (χ1n) is 10.2. The maximum atomic E-state index is 12.5. The number of nitrogens with one attached hydrogen (secondary N) is 2. The van der Waals surface area contributed by atoms with Crippen molar-refractivity contribution >= 4 is 23.6 Å². The largest absolute Gasteiger partial charge is 0.457 e. The molecule has 0 unspecified atom stereocenters. The predicted octanol–water partition coefficient (Wildman–Crippen LogP) is 3.81. The predicted molar refractivity (Wildman–Crippen MR) is 114 cm³/mol. The molecule has 1 aliphatic rings. The van der Waals surface area contributed by atoms with Crippen molar-refractivity contribution in [3.05, 3.63) is 65.2 Å². The number of rotatable bonds is 6. The second kappa shape index (κ2) is 9.91. The van der Waals surface area contributed by atoms with Gasteiger partial charge in [-0.1, -0.05) is 24.3 Å². The van der Waals surface area contributed by atoms with Crippen LogP contribution in [0.2, 0.25) is 0 Å². The van der Waals surface area contributed by atoms with Crippen molar-refractivity contribution in [2.45, 2.75) is 39.3 Å². The Morgan fingerprint density at radius 3 is 2.33 bits per heavy atom. The van der Waals surface area contributed by atoms with Crippen molar-refractivity contribution in [3.63, 3.8) is 0 Å². The van der Waals surface area contributed by atoms with E-state index in [0.29, 0.717) is 11.3 Å². The topological polar surface area (TPSA) is 87.7 Å². The summed E-state index contributed by atoms with van der Waals surface area (Å²) in [4.78, 5) is 38.7. The number of ether oxygens (including phenoxy) is 1. The fourth-order valence-electron chi connectivity index (χ4n) is 3.26. The highest BCUT2D eigenvalue weighted by Crippen LogP contribution is 2.18. The van der Waals surface area contributed by atoms with E-state index >= 15 is 0 Å². The van der Waals surface area contributed by atoms with Crippen molar-refractivity contribution in [1.82, 2.24) is 10.2 Å². The van der Waals surface area contributed by atoms with Gasteiger partial charge in [0, 0.05) is 24.7 Å². The number of likely N-dealkylation sites (tertiary alicyclic amines) is 1. The third kappa shape index (κ3) is 5.59. The van der Waals surface area contributed by atoms with E-state index in [1.54, 1.807) is 48.5 Å². The Labute approximate surface area is 176 Å². The first-order chi connectivity index (χ1) is 14.4. The van der Waals surface area contributed by atoms with Crippen molar-refractivity contribution in [3.8, 4) is 0 Å². The Bertz CT molecular complexity index is 903. The molecule has 0 atom stereocenters. The molecule has 1 fully saturated rings. The van der Waals surface area contributed by atoms with Crippen molar-refractivity contribution < 1.29 is 19.1 Å². The molecule has 2 aromatic rings. The number of benzene rings is 2. The number of hydrogen-bond acceptors (Lipinski definition) is 4. The standard InChI is InChI=1S/C23H27N3O4/c1-16(2)24-23(29)25-20-8-4-3-7-19(20)22(28)30-15-17-9-11-18(12-10-17)21(27)26-13-5-6-14-26/h3-4,7-12,16H,5-6,13-15H2,1-2H3,(H2,24,25,29). The van der Waals surface area contributed by atoms with E-state index in [-0.39, 0.29) is 30.2 Å². The van der Waals surface area contributed by atoms with Gasteiger partial charge in [0.2, 0.25) is 0 Å². The minimum atomic E-state index is -0.535. The Morgan fingerprint density at radius 2 is 1.67 bits per heavy atom. The maximum absolute atomic E-state index is 12.5. The van der Waals surface area contributed by atoms with Crippen molar-refractivity contribution in [2.24, 2.45) is 0 Å². The SMILES string of the molecule is CC(C)NC(=O)Nc1ccccc1C(=O)OCc1ccc(C(=O)N2CCCC2)cc1. The molecule has 2 aromatic carbocycles. The quantitative estimate of drug-likeness (QED) is 0.710. The van der Waals surface area contributed by atoms with E-state index in [1.807, 2.05) is 18.7 Å². The number of anilines is 1. The van der Waals surface area contributed by atoms with Gasteiger partial charge in [0.1, 0.15) is 6.61 Å². The normalized spacial score (nSPS) is 13.2. The van der Waals surface area contributed by atoms with Crippen LogP contribution in [0.25, 0.3) is 0 Å². The van der Waals surface area contributed by atoms with Crippen LogP contribution in [0, 0.1) is 0 Å². The summed E-state index contributed by atoms with van der Waals surface area (Å²) >= 11 is 0. The van der Waals surface area contributed by atoms with E-state index in [0.717, 1.165) is 31.5 Å². The van der Waals surface area contributed by atoms with Crippen LogP contribution in [0.5, 0.6) is 0 Å². The average Bonchev–Trinajstić information content (AvgIpc) is 3.26. The highest BCUT2D eigenvalue weighted by Gasteiger charge is 2.19. The molecule has 3 amide bonds. The Hall–Kier alpha value is -3.35. The summed E-state index contributed by atoms with van der Waals surface area (Å²) < 4.78 is 5.41. The third-order valence-corrected chi connectivity index (χ3v) is 4.78. The van der Waals surface area contributed by atoms with Gasteiger partial charge in [-0.2, -0.15) is 0 Å². The smallest absolute Gasteiger partial charge is 0.340 e. The summed E-state index contributed by atoms with van der Waals surface area (Å²) in [5.74, 6) is -0.497. The molecule has 1 saturated heterocycles. The minimum Gasteiger partial charge on any atom is -0.457 e. The molecule has 0 aliphatic carbocycles. The van der Waals surface area contributed by atoms with Gasteiger partial charge >= 0.3 is 12.0 Å². The number of urea groups is 1. The second-order valence-electron chi connectivity index (χ2n) is 7.57. The number of para-hydroxylation sites is 1. The molecule has 0 saturated carbocycles. The zero-order valence-electron chi connectivity index (χ0n) is 17.3. The first-order valence-corrected chi connectivity index (χ1v) is 10.2. The summed E-state index contributed by atoms with van der Waals surface area (Å²) in [6.07, 6.45) is 2.10. The molecular formula is C23H27N3O4. The van der Waals surface area contributed by atoms with Crippen LogP contribution in [-0.4, -0.2) is 41.9 Å². The molecule has 7 nitrogen and oxygen atoms in total. The minimum absolute atomic E-state index is 0.0237. The Balaban J connectivity index is 1.59. The number of carbonyl (C=O) groups is 3. The van der Waals surface area contributed by atoms with E-state index < -0.39 is 5.97 Å². The third-order valence-electron chi connectivity index (χ3n) is 4.78. The summed E-state index contributed by atoms with van der Waals surface area (Å²) in [6.45, 7) is 5.39. The molecule has 0 aromatic heterocycles. The van der Waals surface area contributed by atoms with Crippen LogP contribution in [0.15, 0.2) is 48.5 Å². The molecule has 158 valence electrons. The summed E-state index contributed by atoms with van der Waals surface area (Å²) in [7, 11) is 0. The maximum Gasteiger partial charge on any atom is 0.340 e. The van der Waals surface area contributed by atoms with Gasteiger partial charge < -0.3 is 20.3 Å². The van der Waals surface area contributed by atoms with E-state index in [1.165, 1.54) is 0 Å². The van der Waals surface area contributed by atoms with E-state index in [9.17, 15) is 14.4 Å². The second-order valence-corrected chi connectivity index (χ2v) is 7.57. The van der Waals surface area contributed by atoms with Gasteiger partial charge in [0.15, 0.2) is 0 Å². The van der Waals surface area contributed by atoms with Crippen LogP contribution in [0.4, 0.5) is 10.5 Å². The summed E-state index contributed by atoms with van der Waals surface area (Å²) in [6, 6.07) is 13.4. The van der Waals surface area contributed by atoms with Gasteiger partial charge in [-0.25, -0.2) is 9.59 Å². The molecule has 0 radical (unpaired) electrons. The molecule has 0 bridgehead atoms. The first kappa shape index (κ1) is 21.4. The number of hydrogen-bond donors (Lipinski definition) is 2. The highest BCUT2D eigenvalue weighted by atomic mass is 16.5.